The van der Waals surface area contributed by atoms with Gasteiger partial charge in [0.25, 0.3) is 0 Å². The molecule has 0 unspecified atom stereocenters. The first-order valence-electron chi connectivity index (χ1n) is 1.75. The van der Waals surface area contributed by atoms with Crippen molar-refractivity contribution in [1.82, 2.24) is 0 Å². The van der Waals surface area contributed by atoms with Crippen molar-refractivity contribution in [2.75, 3.05) is 0 Å². The van der Waals surface area contributed by atoms with Crippen molar-refractivity contribution in [1.29, 1.82) is 0 Å². The molecule has 0 saturated carbocycles. The van der Waals surface area contributed by atoms with Crippen LogP contribution in [0.4, 0.5) is 34.5 Å². The van der Waals surface area contributed by atoms with Gasteiger partial charge < -0.3 is 34.5 Å². The largest absolute Gasteiger partial charge is 2.00 e. The molecule has 0 spiro atoms. The predicted molar refractivity (Wildman–Crippen MR) is 26.1 cm³/mol. The van der Waals surface area contributed by atoms with Gasteiger partial charge in [-0.15, -0.1) is 0 Å². The summed E-state index contributed by atoms with van der Waals surface area (Å²) in [6, 6.07) is 0. The summed E-state index contributed by atoms with van der Waals surface area (Å²) in [6.45, 7) is 0. The maximum Gasteiger partial charge on any atom is 2.00 e. The van der Waals surface area contributed by atoms with E-state index < -0.39 is 14.5 Å². The molecule has 0 N–H and O–H groups in total. The fourth-order valence-corrected chi connectivity index (χ4v) is 0. The van der Waals surface area contributed by atoms with Crippen molar-refractivity contribution in [2.45, 2.75) is 0 Å². The molecule has 0 rings (SSSR count). The first kappa shape index (κ1) is 17.5. The second-order valence-electron chi connectivity index (χ2n) is 0.990. The zero-order chi connectivity index (χ0) is 9.00. The molecule has 66 valence electrons. The molecule has 11 heteroatoms. The molecule has 0 atom stereocenters. The molecular formula is B2F8Pb. The third-order valence-corrected chi connectivity index (χ3v) is 0. The summed E-state index contributed by atoms with van der Waals surface area (Å²) < 4.78 is 78.0. The molecule has 0 aromatic rings. The summed E-state index contributed by atoms with van der Waals surface area (Å²) in [7, 11) is -12.0. The molecule has 0 bridgehead atoms. The van der Waals surface area contributed by atoms with Crippen LogP contribution in [0.15, 0.2) is 0 Å². The minimum atomic E-state index is -6.00. The average Bonchev–Trinajstić information content (AvgIpc) is 1.12. The second-order valence-corrected chi connectivity index (χ2v) is 0.990. The average molecular weight is 381 g/mol. The Bertz CT molecular complexity index is 55.1. The van der Waals surface area contributed by atoms with Crippen LogP contribution in [0.25, 0.3) is 0 Å². The molecular weight excluding hydrogens is 381 g/mol. The summed E-state index contributed by atoms with van der Waals surface area (Å²) in [5.41, 5.74) is 0. The Kier molecular flexibility index (Phi) is 9.66. The maximum atomic E-state index is 9.75. The zero-order valence-corrected chi connectivity index (χ0v) is 8.57. The predicted octanol–water partition coefficient (Wildman–Crippen LogP) is 2.22. The van der Waals surface area contributed by atoms with Gasteiger partial charge in [0.2, 0.25) is 0 Å². The van der Waals surface area contributed by atoms with Crippen molar-refractivity contribution in [2.24, 2.45) is 0 Å². The van der Waals surface area contributed by atoms with Crippen LogP contribution in [0.2, 0.25) is 0 Å². The SMILES string of the molecule is F[B-](F)(F)F.F[B-](F)(F)F.[Pb+2]. The molecule has 0 aromatic carbocycles. The van der Waals surface area contributed by atoms with Crippen LogP contribution >= 0.6 is 0 Å². The van der Waals surface area contributed by atoms with E-state index in [1.54, 1.807) is 0 Å². The van der Waals surface area contributed by atoms with Crippen molar-refractivity contribution in [3.63, 3.8) is 0 Å². The Morgan fingerprint density at radius 3 is 0.455 bits per heavy atom. The van der Waals surface area contributed by atoms with E-state index in [9.17, 15) is 34.5 Å². The topological polar surface area (TPSA) is 0 Å². The van der Waals surface area contributed by atoms with Crippen LogP contribution in [-0.2, 0) is 0 Å². The van der Waals surface area contributed by atoms with Gasteiger partial charge in [0.1, 0.15) is 0 Å². The van der Waals surface area contributed by atoms with Crippen LogP contribution in [0.1, 0.15) is 0 Å². The van der Waals surface area contributed by atoms with E-state index >= 15 is 0 Å². The second kappa shape index (κ2) is 6.06. The number of hydrogen-bond acceptors (Lipinski definition) is 0. The van der Waals surface area contributed by atoms with E-state index in [1.807, 2.05) is 0 Å². The standard InChI is InChI=1S/2BF4.Pb/c2*2-1(3,4)5;/q2*-1;+2. The molecule has 0 heterocycles. The van der Waals surface area contributed by atoms with Gasteiger partial charge in [-0.05, 0) is 0 Å². The minimum absolute atomic E-state index is 0. The van der Waals surface area contributed by atoms with Gasteiger partial charge in [-0.1, -0.05) is 0 Å². The molecule has 0 aliphatic heterocycles. The molecule has 0 fully saturated rings. The Labute approximate surface area is 76.7 Å². The van der Waals surface area contributed by atoms with Crippen LogP contribution < -0.4 is 0 Å². The van der Waals surface area contributed by atoms with Gasteiger partial charge in [0.15, 0.2) is 0 Å². The van der Waals surface area contributed by atoms with E-state index in [0.717, 1.165) is 0 Å². The fraction of sp³-hybridized carbons (Fsp3) is 0. The normalized spacial score (nSPS) is 10.9. The van der Waals surface area contributed by atoms with Crippen LogP contribution in [0.5, 0.6) is 0 Å². The Morgan fingerprint density at radius 2 is 0.455 bits per heavy atom. The first-order valence-corrected chi connectivity index (χ1v) is 1.75. The van der Waals surface area contributed by atoms with Crippen molar-refractivity contribution in [3.8, 4) is 0 Å². The smallest absolute Gasteiger partial charge is 0.418 e. The number of hydrogen-bond donors (Lipinski definition) is 0. The number of rotatable bonds is 0. The quantitative estimate of drug-likeness (QED) is 0.446. The Hall–Kier alpha value is 0.492. The van der Waals surface area contributed by atoms with Gasteiger partial charge >= 0.3 is 41.8 Å². The summed E-state index contributed by atoms with van der Waals surface area (Å²) in [6.07, 6.45) is 0. The Morgan fingerprint density at radius 1 is 0.455 bits per heavy atom. The molecule has 11 heavy (non-hydrogen) atoms. The molecule has 0 aliphatic carbocycles. The van der Waals surface area contributed by atoms with Crippen LogP contribution in [-0.4, -0.2) is 41.8 Å². The third kappa shape index (κ3) is 3130. The van der Waals surface area contributed by atoms with Crippen molar-refractivity contribution in [3.05, 3.63) is 0 Å². The third-order valence-electron chi connectivity index (χ3n) is 0. The molecule has 0 saturated heterocycles. The zero-order valence-electron chi connectivity index (χ0n) is 4.68. The van der Waals surface area contributed by atoms with E-state index in [4.69, 9.17) is 0 Å². The number of halogens is 8. The van der Waals surface area contributed by atoms with Gasteiger partial charge in [-0.3, -0.25) is 0 Å². The van der Waals surface area contributed by atoms with Gasteiger partial charge in [0.05, 0.1) is 0 Å². The van der Waals surface area contributed by atoms with E-state index in [2.05, 4.69) is 0 Å². The monoisotopic (exact) mass is 382 g/mol. The molecule has 0 amide bonds. The summed E-state index contributed by atoms with van der Waals surface area (Å²) in [4.78, 5) is 0. The first-order chi connectivity index (χ1) is 4.00. The Balaban J connectivity index is -0.000000107. The molecule has 0 nitrogen and oxygen atoms in total. The van der Waals surface area contributed by atoms with Gasteiger partial charge in [-0.25, -0.2) is 0 Å². The van der Waals surface area contributed by atoms with Gasteiger partial charge in [-0.2, -0.15) is 0 Å². The summed E-state index contributed by atoms with van der Waals surface area (Å²) in [5, 5.41) is 0. The van der Waals surface area contributed by atoms with Gasteiger partial charge in [0, 0.05) is 0 Å². The fourth-order valence-electron chi connectivity index (χ4n) is 0. The van der Waals surface area contributed by atoms with Crippen LogP contribution in [0, 0.1) is 0 Å². The van der Waals surface area contributed by atoms with E-state index in [0.29, 0.717) is 0 Å². The molecule has 0 aliphatic rings. The maximum absolute atomic E-state index is 9.75. The summed E-state index contributed by atoms with van der Waals surface area (Å²) in [5.74, 6) is 0. The molecule has 2 radical (unpaired) electrons. The van der Waals surface area contributed by atoms with Crippen LogP contribution in [0.3, 0.4) is 0 Å². The van der Waals surface area contributed by atoms with E-state index in [1.165, 1.54) is 0 Å². The van der Waals surface area contributed by atoms with Crippen molar-refractivity contribution < 1.29 is 34.5 Å². The molecule has 0 aromatic heterocycles. The summed E-state index contributed by atoms with van der Waals surface area (Å²) >= 11 is 0. The van der Waals surface area contributed by atoms with E-state index in [-0.39, 0.29) is 27.3 Å². The van der Waals surface area contributed by atoms with Crippen molar-refractivity contribution >= 4 is 41.8 Å². The minimum Gasteiger partial charge on any atom is -0.418 e.